The van der Waals surface area contributed by atoms with Crippen molar-refractivity contribution in [3.05, 3.63) is 0 Å². The number of hydrogen-bond acceptors (Lipinski definition) is 5. The summed E-state index contributed by atoms with van der Waals surface area (Å²) >= 11 is 0. The minimum absolute atomic E-state index is 0.0451. The fourth-order valence-corrected chi connectivity index (χ4v) is 2.35. The van der Waals surface area contributed by atoms with Crippen molar-refractivity contribution in [2.45, 2.75) is 33.7 Å². The molecule has 1 unspecified atom stereocenters. The van der Waals surface area contributed by atoms with Crippen LogP contribution in [0.3, 0.4) is 0 Å². The van der Waals surface area contributed by atoms with Gasteiger partial charge < -0.3 is 0 Å². The van der Waals surface area contributed by atoms with Crippen LogP contribution in [0.1, 0.15) is 27.7 Å². The van der Waals surface area contributed by atoms with Gasteiger partial charge in [-0.3, -0.25) is 0 Å². The van der Waals surface area contributed by atoms with Crippen molar-refractivity contribution in [3.8, 4) is 0 Å². The largest absolute Gasteiger partial charge is 0.222 e. The molecule has 0 amide bonds. The van der Waals surface area contributed by atoms with Gasteiger partial charge >= 0.3 is 0 Å². The van der Waals surface area contributed by atoms with Crippen molar-refractivity contribution in [2.75, 3.05) is 5.75 Å². The van der Waals surface area contributed by atoms with E-state index in [1.807, 2.05) is 20.8 Å². The summed E-state index contributed by atoms with van der Waals surface area (Å²) in [5, 5.41) is 11.0. The number of rotatable bonds is 1. The molecule has 80 valence electrons. The zero-order valence-electron chi connectivity index (χ0n) is 8.85. The minimum atomic E-state index is -3.27. The van der Waals surface area contributed by atoms with Gasteiger partial charge in [0.15, 0.2) is 14.9 Å². The van der Waals surface area contributed by atoms with E-state index in [9.17, 15) is 8.42 Å². The number of hydrogen-bond donors (Lipinski definition) is 0. The highest BCUT2D eigenvalue weighted by atomic mass is 32.2. The third-order valence-corrected chi connectivity index (χ3v) is 3.77. The summed E-state index contributed by atoms with van der Waals surface area (Å²) in [7, 11) is -3.27. The van der Waals surface area contributed by atoms with Gasteiger partial charge in [-0.1, -0.05) is 27.7 Å². The lowest BCUT2D eigenvalue weighted by molar-refractivity contribution is 0.382. The summed E-state index contributed by atoms with van der Waals surface area (Å²) in [5.74, 6) is 0.0451. The molecule has 0 N–H and O–H groups in total. The van der Waals surface area contributed by atoms with E-state index in [1.165, 1.54) is 0 Å². The summed E-state index contributed by atoms with van der Waals surface area (Å²) in [4.78, 5) is 0. The molecular weight excluding hydrogens is 202 g/mol. The van der Waals surface area contributed by atoms with Gasteiger partial charge in [-0.15, -0.1) is 5.10 Å². The monoisotopic (exact) mass is 217 g/mol. The lowest BCUT2D eigenvalue weighted by Crippen LogP contribution is -2.36. The molecule has 0 aliphatic carbocycles. The average molecular weight is 217 g/mol. The third-order valence-electron chi connectivity index (χ3n) is 2.06. The van der Waals surface area contributed by atoms with Gasteiger partial charge in [-0.05, 0) is 10.6 Å². The Balaban J connectivity index is 3.06. The van der Waals surface area contributed by atoms with E-state index < -0.39 is 15.9 Å². The molecule has 5 nitrogen and oxygen atoms in total. The average Bonchev–Trinajstić information content (AvgIpc) is 2.51. The quantitative estimate of drug-likeness (QED) is 0.669. The molecule has 0 fully saturated rings. The molecule has 1 atom stereocenters. The summed E-state index contributed by atoms with van der Waals surface area (Å²) in [6.45, 7) is 7.35. The second-order valence-electron chi connectivity index (χ2n) is 4.32. The van der Waals surface area contributed by atoms with Gasteiger partial charge in [0.05, 0.1) is 5.75 Å². The van der Waals surface area contributed by atoms with Crippen LogP contribution >= 0.6 is 0 Å². The SMILES string of the molecule is CCS(=O)(=O)C1=NN=NC1C(C)(C)C. The molecule has 6 heteroatoms. The second kappa shape index (κ2) is 3.42. The molecule has 0 aromatic carbocycles. The number of sulfone groups is 1. The van der Waals surface area contributed by atoms with Crippen LogP contribution in [-0.2, 0) is 9.84 Å². The van der Waals surface area contributed by atoms with E-state index in [1.54, 1.807) is 6.92 Å². The molecule has 0 aromatic rings. The molecule has 0 saturated heterocycles. The van der Waals surface area contributed by atoms with E-state index in [0.29, 0.717) is 0 Å². The lowest BCUT2D eigenvalue weighted by atomic mass is 9.88. The van der Waals surface area contributed by atoms with Crippen LogP contribution in [0.5, 0.6) is 0 Å². The lowest BCUT2D eigenvalue weighted by Gasteiger charge is -2.23. The van der Waals surface area contributed by atoms with Crippen molar-refractivity contribution in [1.29, 1.82) is 0 Å². The molecule has 0 bridgehead atoms. The maximum absolute atomic E-state index is 11.6. The van der Waals surface area contributed by atoms with Crippen LogP contribution in [0.2, 0.25) is 0 Å². The summed E-state index contributed by atoms with van der Waals surface area (Å²) in [6, 6.07) is -0.438. The van der Waals surface area contributed by atoms with Crippen molar-refractivity contribution in [2.24, 2.45) is 20.9 Å². The van der Waals surface area contributed by atoms with E-state index >= 15 is 0 Å². The maximum Gasteiger partial charge on any atom is 0.195 e. The molecule has 1 heterocycles. The Morgan fingerprint density at radius 1 is 1.36 bits per heavy atom. The molecule has 0 saturated carbocycles. The first kappa shape index (κ1) is 11.3. The molecule has 0 aromatic heterocycles. The first-order chi connectivity index (χ1) is 6.29. The van der Waals surface area contributed by atoms with Gasteiger partial charge in [0, 0.05) is 0 Å². The van der Waals surface area contributed by atoms with E-state index in [-0.39, 0.29) is 16.2 Å². The zero-order valence-corrected chi connectivity index (χ0v) is 9.67. The van der Waals surface area contributed by atoms with Gasteiger partial charge in [-0.25, -0.2) is 8.42 Å². The van der Waals surface area contributed by atoms with Crippen LogP contribution < -0.4 is 0 Å². The molecule has 1 aliphatic rings. The Labute approximate surface area is 84.2 Å². The Morgan fingerprint density at radius 3 is 2.36 bits per heavy atom. The Hall–Kier alpha value is -0.780. The molecule has 1 aliphatic heterocycles. The molecule has 14 heavy (non-hydrogen) atoms. The second-order valence-corrected chi connectivity index (χ2v) is 6.54. The van der Waals surface area contributed by atoms with Gasteiger partial charge in [0.25, 0.3) is 0 Å². The predicted molar refractivity (Wildman–Crippen MR) is 55.0 cm³/mol. The first-order valence-electron chi connectivity index (χ1n) is 4.49. The summed E-state index contributed by atoms with van der Waals surface area (Å²) in [5.41, 5.74) is -0.263. The Morgan fingerprint density at radius 2 is 1.93 bits per heavy atom. The predicted octanol–water partition coefficient (Wildman–Crippen LogP) is 1.62. The zero-order chi connectivity index (χ0) is 11.0. The number of nitrogens with zero attached hydrogens (tertiary/aromatic N) is 3. The van der Waals surface area contributed by atoms with Crippen molar-refractivity contribution in [3.63, 3.8) is 0 Å². The van der Waals surface area contributed by atoms with Gasteiger partial charge in [0.2, 0.25) is 0 Å². The minimum Gasteiger partial charge on any atom is -0.222 e. The van der Waals surface area contributed by atoms with E-state index in [0.717, 1.165) is 0 Å². The van der Waals surface area contributed by atoms with Crippen LogP contribution in [0.25, 0.3) is 0 Å². The first-order valence-corrected chi connectivity index (χ1v) is 6.14. The Bertz CT molecular complexity index is 376. The molecular formula is C8H15N3O2S. The van der Waals surface area contributed by atoms with E-state index in [4.69, 9.17) is 0 Å². The maximum atomic E-state index is 11.6. The normalized spacial score (nSPS) is 22.6. The highest BCUT2D eigenvalue weighted by Gasteiger charge is 2.38. The fraction of sp³-hybridized carbons (Fsp3) is 0.875. The molecule has 1 rings (SSSR count). The van der Waals surface area contributed by atoms with Crippen LogP contribution in [0, 0.1) is 5.41 Å². The highest BCUT2D eigenvalue weighted by Crippen LogP contribution is 2.28. The Kier molecular flexibility index (Phi) is 2.76. The van der Waals surface area contributed by atoms with Gasteiger partial charge in [0.1, 0.15) is 6.04 Å². The fourth-order valence-electron chi connectivity index (χ4n) is 1.15. The van der Waals surface area contributed by atoms with Crippen molar-refractivity contribution in [1.82, 2.24) is 0 Å². The van der Waals surface area contributed by atoms with Crippen molar-refractivity contribution >= 4 is 14.9 Å². The topological polar surface area (TPSA) is 71.2 Å². The van der Waals surface area contributed by atoms with Crippen molar-refractivity contribution < 1.29 is 8.42 Å². The summed E-state index contributed by atoms with van der Waals surface area (Å²) < 4.78 is 23.2. The van der Waals surface area contributed by atoms with Crippen LogP contribution in [0.15, 0.2) is 15.4 Å². The highest BCUT2D eigenvalue weighted by molar-refractivity contribution is 8.06. The smallest absolute Gasteiger partial charge is 0.195 e. The molecule has 0 spiro atoms. The molecule has 0 radical (unpaired) electrons. The van der Waals surface area contributed by atoms with Crippen LogP contribution in [0.4, 0.5) is 0 Å². The standard InChI is InChI=1S/C8H15N3O2S/c1-5-14(12,13)7-6(8(2,3)4)9-11-10-7/h6H,5H2,1-4H3. The summed E-state index contributed by atoms with van der Waals surface area (Å²) in [6.07, 6.45) is 0. The van der Waals surface area contributed by atoms with Crippen LogP contribution in [-0.4, -0.2) is 25.3 Å². The third kappa shape index (κ3) is 2.00. The van der Waals surface area contributed by atoms with Gasteiger partial charge in [-0.2, -0.15) is 5.11 Å². The van der Waals surface area contributed by atoms with E-state index in [2.05, 4.69) is 15.4 Å².